The van der Waals surface area contributed by atoms with Crippen molar-refractivity contribution in [2.75, 3.05) is 0 Å². The van der Waals surface area contributed by atoms with Crippen molar-refractivity contribution in [1.29, 1.82) is 0 Å². The zero-order valence-corrected chi connectivity index (χ0v) is 28.2. The highest BCUT2D eigenvalue weighted by atomic mass is 32.1. The van der Waals surface area contributed by atoms with Crippen molar-refractivity contribution < 1.29 is 0 Å². The number of hydrogen-bond acceptors (Lipinski definition) is 5. The zero-order chi connectivity index (χ0) is 33.7. The van der Waals surface area contributed by atoms with Gasteiger partial charge in [0.15, 0.2) is 11.6 Å². The van der Waals surface area contributed by atoms with Gasteiger partial charge in [0.05, 0.1) is 27.3 Å². The van der Waals surface area contributed by atoms with Crippen LogP contribution in [0.15, 0.2) is 170 Å². The van der Waals surface area contributed by atoms with Crippen LogP contribution in [0, 0.1) is 0 Å². The van der Waals surface area contributed by atoms with Gasteiger partial charge in [0, 0.05) is 37.9 Å². The van der Waals surface area contributed by atoms with Gasteiger partial charge in [0.2, 0.25) is 0 Å². The molecule has 4 nitrogen and oxygen atoms in total. The van der Waals surface area contributed by atoms with Gasteiger partial charge in [-0.25, -0.2) is 19.9 Å². The summed E-state index contributed by atoms with van der Waals surface area (Å²) < 4.78 is 2.31. The van der Waals surface area contributed by atoms with Gasteiger partial charge < -0.3 is 0 Å². The van der Waals surface area contributed by atoms with Gasteiger partial charge >= 0.3 is 0 Å². The van der Waals surface area contributed by atoms with E-state index in [0.29, 0.717) is 11.6 Å². The first-order valence-corrected chi connectivity index (χ1v) is 17.8. The Kier molecular flexibility index (Phi) is 6.96. The Morgan fingerprint density at radius 3 is 1.65 bits per heavy atom. The van der Waals surface area contributed by atoms with Gasteiger partial charge in [-0.2, -0.15) is 0 Å². The van der Waals surface area contributed by atoms with E-state index in [-0.39, 0.29) is 0 Å². The molecule has 0 saturated heterocycles. The van der Waals surface area contributed by atoms with Crippen LogP contribution in [0.25, 0.3) is 98.4 Å². The average Bonchev–Trinajstić information content (AvgIpc) is 3.59. The van der Waals surface area contributed by atoms with Crippen LogP contribution in [0.5, 0.6) is 0 Å². The van der Waals surface area contributed by atoms with E-state index in [1.165, 1.54) is 26.2 Å². The highest BCUT2D eigenvalue weighted by Crippen LogP contribution is 2.39. The molecule has 3 heterocycles. The Labute approximate surface area is 298 Å². The first kappa shape index (κ1) is 29.4. The van der Waals surface area contributed by atoms with Crippen LogP contribution in [0.4, 0.5) is 0 Å². The average molecular weight is 669 g/mol. The van der Waals surface area contributed by atoms with E-state index in [2.05, 4.69) is 146 Å². The van der Waals surface area contributed by atoms with E-state index in [9.17, 15) is 0 Å². The Morgan fingerprint density at radius 2 is 0.902 bits per heavy atom. The monoisotopic (exact) mass is 668 g/mol. The molecule has 0 N–H and O–H groups in total. The quantitative estimate of drug-likeness (QED) is 0.171. The van der Waals surface area contributed by atoms with Crippen LogP contribution in [0.3, 0.4) is 0 Å². The third-order valence-electron chi connectivity index (χ3n) is 9.51. The van der Waals surface area contributed by atoms with Gasteiger partial charge in [-0.15, -0.1) is 11.3 Å². The molecule has 0 fully saturated rings. The van der Waals surface area contributed by atoms with E-state index < -0.39 is 0 Å². The fraction of sp³-hybridized carbons (Fsp3) is 0. The number of thiophene rings is 1. The second kappa shape index (κ2) is 12.1. The third kappa shape index (κ3) is 5.23. The third-order valence-corrected chi connectivity index (χ3v) is 10.7. The fourth-order valence-corrected chi connectivity index (χ4v) is 8.08. The maximum Gasteiger partial charge on any atom is 0.160 e. The lowest BCUT2D eigenvalue weighted by molar-refractivity contribution is 1.18. The Balaban J connectivity index is 1.10. The van der Waals surface area contributed by atoms with Crippen LogP contribution >= 0.6 is 11.3 Å². The molecule has 3 aromatic heterocycles. The topological polar surface area (TPSA) is 51.6 Å². The molecule has 238 valence electrons. The molecule has 5 heteroatoms. The largest absolute Gasteiger partial charge is 0.228 e. The molecule has 0 radical (unpaired) electrons. The van der Waals surface area contributed by atoms with Crippen molar-refractivity contribution in [1.82, 2.24) is 19.9 Å². The maximum atomic E-state index is 5.17. The predicted molar refractivity (Wildman–Crippen MR) is 213 cm³/mol. The van der Waals surface area contributed by atoms with Crippen molar-refractivity contribution >= 4 is 53.2 Å². The molecule has 0 amide bonds. The van der Waals surface area contributed by atoms with Crippen molar-refractivity contribution in [3.05, 3.63) is 170 Å². The Bertz CT molecular complexity index is 2900. The summed E-state index contributed by atoms with van der Waals surface area (Å²) in [6, 6.07) is 59.1. The second-order valence-electron chi connectivity index (χ2n) is 12.7. The highest BCUT2D eigenvalue weighted by molar-refractivity contribution is 7.26. The normalized spacial score (nSPS) is 11.5. The lowest BCUT2D eigenvalue weighted by atomic mass is 9.98. The molecule has 0 aliphatic rings. The molecule has 10 aromatic rings. The molecule has 0 aliphatic carbocycles. The molecule has 0 bridgehead atoms. The lowest BCUT2D eigenvalue weighted by Crippen LogP contribution is -1.97. The van der Waals surface area contributed by atoms with Crippen molar-refractivity contribution in [2.45, 2.75) is 0 Å². The standard InChI is InChI=1S/C46H28N4S/c1-3-12-31(13-4-1)39-28-40(35-26-21-30-20-19-29-11-7-8-16-36(29)38(30)27-35)48-45(47-39)33-22-24-34(25-23-33)46-49-42(32-14-5-2-6-15-32)44-43(50-46)37-17-9-10-18-41(37)51-44/h1-28H. The molecule has 0 saturated carbocycles. The van der Waals surface area contributed by atoms with Gasteiger partial charge in [-0.05, 0) is 39.7 Å². The molecule has 7 aromatic carbocycles. The van der Waals surface area contributed by atoms with E-state index in [1.807, 2.05) is 24.3 Å². The Hall–Kier alpha value is -6.56. The van der Waals surface area contributed by atoms with Crippen LogP contribution in [-0.4, -0.2) is 19.9 Å². The van der Waals surface area contributed by atoms with Gasteiger partial charge in [0.1, 0.15) is 0 Å². The second-order valence-corrected chi connectivity index (χ2v) is 13.7. The first-order chi connectivity index (χ1) is 25.2. The minimum Gasteiger partial charge on any atom is -0.228 e. The molecular weight excluding hydrogens is 641 g/mol. The summed E-state index contributed by atoms with van der Waals surface area (Å²) >= 11 is 1.75. The summed E-state index contributed by atoms with van der Waals surface area (Å²) in [5, 5.41) is 6.02. The van der Waals surface area contributed by atoms with E-state index in [0.717, 1.165) is 60.5 Å². The number of aromatic nitrogens is 4. The molecule has 51 heavy (non-hydrogen) atoms. The summed E-state index contributed by atoms with van der Waals surface area (Å²) in [7, 11) is 0. The lowest BCUT2D eigenvalue weighted by Gasteiger charge is -2.11. The van der Waals surface area contributed by atoms with E-state index in [4.69, 9.17) is 19.9 Å². The van der Waals surface area contributed by atoms with Crippen molar-refractivity contribution in [2.24, 2.45) is 0 Å². The van der Waals surface area contributed by atoms with Crippen LogP contribution < -0.4 is 0 Å². The van der Waals surface area contributed by atoms with Crippen LogP contribution in [-0.2, 0) is 0 Å². The smallest absolute Gasteiger partial charge is 0.160 e. The first-order valence-electron chi connectivity index (χ1n) is 17.0. The number of hydrogen-bond donors (Lipinski definition) is 0. The van der Waals surface area contributed by atoms with Crippen LogP contribution in [0.2, 0.25) is 0 Å². The number of nitrogens with zero attached hydrogens (tertiary/aromatic N) is 4. The summed E-state index contributed by atoms with van der Waals surface area (Å²) in [5.41, 5.74) is 8.73. The zero-order valence-electron chi connectivity index (χ0n) is 27.4. The van der Waals surface area contributed by atoms with Crippen molar-refractivity contribution in [3.8, 4) is 56.5 Å². The summed E-state index contributed by atoms with van der Waals surface area (Å²) in [6.07, 6.45) is 0. The van der Waals surface area contributed by atoms with Gasteiger partial charge in [0.25, 0.3) is 0 Å². The minimum atomic E-state index is 0.668. The minimum absolute atomic E-state index is 0.668. The van der Waals surface area contributed by atoms with E-state index >= 15 is 0 Å². The SMILES string of the molecule is c1ccc(-c2cc(-c3ccc4ccc5ccccc5c4c3)nc(-c3ccc(-c4nc(-c5ccccc5)c5sc6ccccc6c5n4)cc3)n2)cc1. The van der Waals surface area contributed by atoms with Crippen LogP contribution in [0.1, 0.15) is 0 Å². The number of fused-ring (bicyclic) bond motifs is 6. The molecule has 10 rings (SSSR count). The fourth-order valence-electron chi connectivity index (χ4n) is 6.92. The highest BCUT2D eigenvalue weighted by Gasteiger charge is 2.17. The molecule has 0 aliphatic heterocycles. The number of benzene rings is 7. The molecule has 0 unspecified atom stereocenters. The van der Waals surface area contributed by atoms with Crippen molar-refractivity contribution in [3.63, 3.8) is 0 Å². The molecule has 0 atom stereocenters. The summed E-state index contributed by atoms with van der Waals surface area (Å²) in [6.45, 7) is 0. The maximum absolute atomic E-state index is 5.17. The molecule has 0 spiro atoms. The predicted octanol–water partition coefficient (Wildman–Crippen LogP) is 12.3. The van der Waals surface area contributed by atoms with Gasteiger partial charge in [-0.1, -0.05) is 152 Å². The Morgan fingerprint density at radius 1 is 0.353 bits per heavy atom. The van der Waals surface area contributed by atoms with E-state index in [1.54, 1.807) is 11.3 Å². The number of rotatable bonds is 5. The molecular formula is C46H28N4S. The summed E-state index contributed by atoms with van der Waals surface area (Å²) in [4.78, 5) is 20.6. The summed E-state index contributed by atoms with van der Waals surface area (Å²) in [5.74, 6) is 1.36. The van der Waals surface area contributed by atoms with Gasteiger partial charge in [-0.3, -0.25) is 0 Å².